The SMILES string of the molecule is COC(=O)c1cccc(-n2ccc(C)c2N(C)C)c1. The van der Waals surface area contributed by atoms with E-state index in [0.29, 0.717) is 5.56 Å². The van der Waals surface area contributed by atoms with E-state index in [2.05, 4.69) is 22.5 Å². The number of esters is 1. The van der Waals surface area contributed by atoms with Gasteiger partial charge in [-0.25, -0.2) is 4.79 Å². The molecule has 0 spiro atoms. The summed E-state index contributed by atoms with van der Waals surface area (Å²) in [5, 5.41) is 0. The molecule has 0 atom stereocenters. The molecule has 0 fully saturated rings. The van der Waals surface area contributed by atoms with E-state index >= 15 is 0 Å². The number of anilines is 1. The van der Waals surface area contributed by atoms with Gasteiger partial charge in [0.1, 0.15) is 5.82 Å². The van der Waals surface area contributed by atoms with Crippen molar-refractivity contribution in [2.24, 2.45) is 0 Å². The molecule has 0 aliphatic heterocycles. The van der Waals surface area contributed by atoms with Crippen LogP contribution in [-0.2, 0) is 4.74 Å². The fraction of sp³-hybridized carbons (Fsp3) is 0.267. The smallest absolute Gasteiger partial charge is 0.337 e. The van der Waals surface area contributed by atoms with E-state index in [-0.39, 0.29) is 5.97 Å². The highest BCUT2D eigenvalue weighted by Gasteiger charge is 2.11. The third-order valence-electron chi connectivity index (χ3n) is 3.02. The van der Waals surface area contributed by atoms with E-state index in [1.165, 1.54) is 12.7 Å². The lowest BCUT2D eigenvalue weighted by Gasteiger charge is -2.18. The number of aromatic nitrogens is 1. The maximum absolute atomic E-state index is 11.6. The summed E-state index contributed by atoms with van der Waals surface area (Å²) in [6.45, 7) is 2.07. The van der Waals surface area contributed by atoms with Crippen molar-refractivity contribution in [3.63, 3.8) is 0 Å². The maximum atomic E-state index is 11.6. The molecule has 2 rings (SSSR count). The summed E-state index contributed by atoms with van der Waals surface area (Å²) in [7, 11) is 5.39. The molecular weight excluding hydrogens is 240 g/mol. The highest BCUT2D eigenvalue weighted by atomic mass is 16.5. The molecule has 1 heterocycles. The van der Waals surface area contributed by atoms with E-state index in [1.807, 2.05) is 38.5 Å². The second kappa shape index (κ2) is 5.18. The van der Waals surface area contributed by atoms with Crippen LogP contribution in [0.3, 0.4) is 0 Å². The predicted octanol–water partition coefficient (Wildman–Crippen LogP) is 2.64. The Balaban J connectivity index is 2.51. The van der Waals surface area contributed by atoms with Crippen LogP contribution >= 0.6 is 0 Å². The molecule has 0 saturated heterocycles. The molecule has 0 aliphatic rings. The molecule has 100 valence electrons. The minimum absolute atomic E-state index is 0.322. The molecule has 0 N–H and O–H groups in total. The van der Waals surface area contributed by atoms with Crippen molar-refractivity contribution in [3.05, 3.63) is 47.7 Å². The van der Waals surface area contributed by atoms with E-state index in [4.69, 9.17) is 4.74 Å². The average Bonchev–Trinajstić information content (AvgIpc) is 2.80. The van der Waals surface area contributed by atoms with Gasteiger partial charge in [-0.2, -0.15) is 0 Å². The van der Waals surface area contributed by atoms with Gasteiger partial charge in [-0.05, 0) is 36.8 Å². The molecule has 0 unspecified atom stereocenters. The maximum Gasteiger partial charge on any atom is 0.337 e. The Kier molecular flexibility index (Phi) is 3.60. The van der Waals surface area contributed by atoms with Gasteiger partial charge in [0.15, 0.2) is 0 Å². The normalized spacial score (nSPS) is 10.3. The summed E-state index contributed by atoms with van der Waals surface area (Å²) in [5.41, 5.74) is 2.68. The number of benzene rings is 1. The molecular formula is C15H18N2O2. The standard InChI is InChI=1S/C15H18N2O2/c1-11-8-9-17(14(11)16(2)3)13-7-5-6-12(10-13)15(18)19-4/h5-10H,1-4H3. The van der Waals surface area contributed by atoms with Crippen molar-refractivity contribution >= 4 is 11.8 Å². The van der Waals surface area contributed by atoms with Gasteiger partial charge in [0, 0.05) is 26.0 Å². The first-order valence-electron chi connectivity index (χ1n) is 6.08. The third-order valence-corrected chi connectivity index (χ3v) is 3.02. The lowest BCUT2D eigenvalue weighted by atomic mass is 10.2. The molecule has 19 heavy (non-hydrogen) atoms. The lowest BCUT2D eigenvalue weighted by Crippen LogP contribution is -2.14. The summed E-state index contributed by atoms with van der Waals surface area (Å²) in [5.74, 6) is 0.777. The number of methoxy groups -OCH3 is 1. The number of hydrogen-bond acceptors (Lipinski definition) is 3. The number of hydrogen-bond donors (Lipinski definition) is 0. The number of ether oxygens (including phenoxy) is 1. The van der Waals surface area contributed by atoms with Gasteiger partial charge in [-0.1, -0.05) is 6.07 Å². The Labute approximate surface area is 113 Å². The van der Waals surface area contributed by atoms with Crippen molar-refractivity contribution in [1.29, 1.82) is 0 Å². The first-order valence-corrected chi connectivity index (χ1v) is 6.08. The van der Waals surface area contributed by atoms with Gasteiger partial charge in [0.25, 0.3) is 0 Å². The molecule has 4 nitrogen and oxygen atoms in total. The fourth-order valence-corrected chi connectivity index (χ4v) is 2.20. The molecule has 0 radical (unpaired) electrons. The molecule has 0 amide bonds. The van der Waals surface area contributed by atoms with Crippen LogP contribution in [0.1, 0.15) is 15.9 Å². The summed E-state index contributed by atoms with van der Waals surface area (Å²) >= 11 is 0. The Morgan fingerprint density at radius 3 is 2.63 bits per heavy atom. The van der Waals surface area contributed by atoms with Crippen LogP contribution in [0.4, 0.5) is 5.82 Å². The van der Waals surface area contributed by atoms with E-state index in [1.54, 1.807) is 6.07 Å². The second-order valence-corrected chi connectivity index (χ2v) is 4.63. The van der Waals surface area contributed by atoms with Crippen molar-refractivity contribution < 1.29 is 9.53 Å². The number of carbonyl (C=O) groups is 1. The minimum Gasteiger partial charge on any atom is -0.465 e. The van der Waals surface area contributed by atoms with E-state index in [9.17, 15) is 4.79 Å². The largest absolute Gasteiger partial charge is 0.465 e. The van der Waals surface area contributed by atoms with Crippen LogP contribution in [0, 0.1) is 6.92 Å². The summed E-state index contributed by atoms with van der Waals surface area (Å²) in [4.78, 5) is 13.6. The van der Waals surface area contributed by atoms with Crippen LogP contribution < -0.4 is 4.90 Å². The van der Waals surface area contributed by atoms with Crippen LogP contribution in [0.2, 0.25) is 0 Å². The van der Waals surface area contributed by atoms with Gasteiger partial charge >= 0.3 is 5.97 Å². The Morgan fingerprint density at radius 1 is 1.26 bits per heavy atom. The Bertz CT molecular complexity index is 600. The molecule has 0 bridgehead atoms. The number of aryl methyl sites for hydroxylation is 1. The highest BCUT2D eigenvalue weighted by molar-refractivity contribution is 5.90. The van der Waals surface area contributed by atoms with Crippen LogP contribution in [0.5, 0.6) is 0 Å². The zero-order valence-electron chi connectivity index (χ0n) is 11.7. The minimum atomic E-state index is -0.322. The average molecular weight is 258 g/mol. The Morgan fingerprint density at radius 2 is 2.00 bits per heavy atom. The van der Waals surface area contributed by atoms with Gasteiger partial charge in [-0.3, -0.25) is 0 Å². The first kappa shape index (κ1) is 13.2. The van der Waals surface area contributed by atoms with Gasteiger partial charge in [-0.15, -0.1) is 0 Å². The number of carbonyl (C=O) groups excluding carboxylic acids is 1. The van der Waals surface area contributed by atoms with Gasteiger partial charge in [0.05, 0.1) is 12.7 Å². The van der Waals surface area contributed by atoms with Crippen molar-refractivity contribution in [2.75, 3.05) is 26.1 Å². The van der Waals surface area contributed by atoms with Crippen LogP contribution in [-0.4, -0.2) is 31.7 Å². The molecule has 2 aromatic rings. The molecule has 1 aromatic carbocycles. The number of rotatable bonds is 3. The highest BCUT2D eigenvalue weighted by Crippen LogP contribution is 2.24. The van der Waals surface area contributed by atoms with E-state index < -0.39 is 0 Å². The first-order chi connectivity index (χ1) is 9.04. The molecule has 0 aliphatic carbocycles. The van der Waals surface area contributed by atoms with Crippen molar-refractivity contribution in [3.8, 4) is 5.69 Å². The van der Waals surface area contributed by atoms with Crippen molar-refractivity contribution in [1.82, 2.24) is 4.57 Å². The lowest BCUT2D eigenvalue weighted by molar-refractivity contribution is 0.0600. The Hall–Kier alpha value is -2.23. The number of nitrogens with zero attached hydrogens (tertiary/aromatic N) is 2. The summed E-state index contributed by atoms with van der Waals surface area (Å²) in [6, 6.07) is 9.47. The monoisotopic (exact) mass is 258 g/mol. The second-order valence-electron chi connectivity index (χ2n) is 4.63. The van der Waals surface area contributed by atoms with Crippen LogP contribution in [0.25, 0.3) is 5.69 Å². The van der Waals surface area contributed by atoms with E-state index in [0.717, 1.165) is 11.5 Å². The van der Waals surface area contributed by atoms with Gasteiger partial charge < -0.3 is 14.2 Å². The molecule has 1 aromatic heterocycles. The third kappa shape index (κ3) is 2.47. The zero-order chi connectivity index (χ0) is 14.0. The predicted molar refractivity (Wildman–Crippen MR) is 76.2 cm³/mol. The fourth-order valence-electron chi connectivity index (χ4n) is 2.20. The summed E-state index contributed by atoms with van der Waals surface area (Å²) in [6.07, 6.45) is 2.00. The van der Waals surface area contributed by atoms with Crippen molar-refractivity contribution in [2.45, 2.75) is 6.92 Å². The zero-order valence-corrected chi connectivity index (χ0v) is 11.7. The molecule has 4 heteroatoms. The molecule has 0 saturated carbocycles. The summed E-state index contributed by atoms with van der Waals surface area (Å²) < 4.78 is 6.81. The van der Waals surface area contributed by atoms with Crippen LogP contribution in [0.15, 0.2) is 36.5 Å². The quantitative estimate of drug-likeness (QED) is 0.794. The topological polar surface area (TPSA) is 34.5 Å². The van der Waals surface area contributed by atoms with Gasteiger partial charge in [0.2, 0.25) is 0 Å².